The molecule has 8 nitrogen and oxygen atoms in total. The Kier molecular flexibility index (Phi) is 9.10. The Morgan fingerprint density at radius 2 is 1.90 bits per heavy atom. The Bertz CT molecular complexity index is 335. The van der Waals surface area contributed by atoms with Gasteiger partial charge in [-0.3, -0.25) is 4.79 Å². The van der Waals surface area contributed by atoms with Crippen molar-refractivity contribution < 1.29 is 19.5 Å². The van der Waals surface area contributed by atoms with Gasteiger partial charge >= 0.3 is 12.0 Å². The fourth-order valence-electron chi connectivity index (χ4n) is 1.68. The first-order chi connectivity index (χ1) is 9.40. The number of hydrogen-bond acceptors (Lipinski definition) is 4. The van der Waals surface area contributed by atoms with Gasteiger partial charge in [0.1, 0.15) is 6.04 Å². The van der Waals surface area contributed by atoms with Gasteiger partial charge in [0.2, 0.25) is 5.91 Å². The molecule has 0 aliphatic carbocycles. The number of nitrogens with zero attached hydrogens (tertiary/aromatic N) is 1. The summed E-state index contributed by atoms with van der Waals surface area (Å²) in [6, 6.07) is -1.92. The molecule has 20 heavy (non-hydrogen) atoms. The molecule has 0 unspecified atom stereocenters. The van der Waals surface area contributed by atoms with Gasteiger partial charge in [-0.15, -0.1) is 0 Å². The summed E-state index contributed by atoms with van der Waals surface area (Å²) in [5, 5.41) is 13.6. The number of hydrogen-bond donors (Lipinski definition) is 4. The second kappa shape index (κ2) is 10.0. The number of likely N-dealkylation sites (N-methyl/N-ethyl adjacent to an activating group) is 1. The number of carbonyl (C=O) groups excluding carboxylic acids is 2. The molecule has 0 rings (SSSR count). The molecule has 1 atom stereocenters. The number of amides is 3. The van der Waals surface area contributed by atoms with Crippen LogP contribution >= 0.6 is 0 Å². The molecule has 0 aromatic heterocycles. The number of rotatable bonds is 10. The van der Waals surface area contributed by atoms with Crippen molar-refractivity contribution in [3.63, 3.8) is 0 Å². The zero-order chi connectivity index (χ0) is 15.5. The van der Waals surface area contributed by atoms with Crippen LogP contribution in [0.1, 0.15) is 26.7 Å². The predicted molar refractivity (Wildman–Crippen MR) is 74.2 cm³/mol. The molecule has 0 aliphatic heterocycles. The molecule has 0 bridgehead atoms. The Morgan fingerprint density at radius 1 is 1.25 bits per heavy atom. The molecule has 3 amide bonds. The van der Waals surface area contributed by atoms with E-state index in [-0.39, 0.29) is 0 Å². The lowest BCUT2D eigenvalue weighted by Crippen LogP contribution is -2.49. The highest BCUT2D eigenvalue weighted by atomic mass is 16.4. The third-order valence-corrected chi connectivity index (χ3v) is 2.71. The van der Waals surface area contributed by atoms with E-state index in [1.807, 2.05) is 6.92 Å². The second-order valence-corrected chi connectivity index (χ2v) is 4.40. The maximum Gasteiger partial charge on any atom is 0.326 e. The van der Waals surface area contributed by atoms with Crippen LogP contribution in [-0.4, -0.2) is 60.1 Å². The molecule has 0 aliphatic rings. The third kappa shape index (κ3) is 8.30. The summed E-state index contributed by atoms with van der Waals surface area (Å²) in [6.45, 7) is 7.02. The minimum absolute atomic E-state index is 0.405. The molecule has 5 N–H and O–H groups in total. The van der Waals surface area contributed by atoms with E-state index in [0.717, 1.165) is 19.5 Å². The first-order valence-electron chi connectivity index (χ1n) is 6.68. The van der Waals surface area contributed by atoms with Crippen LogP contribution in [0.5, 0.6) is 0 Å². The van der Waals surface area contributed by atoms with Crippen LogP contribution in [0.15, 0.2) is 0 Å². The average molecular weight is 288 g/mol. The molecule has 116 valence electrons. The summed E-state index contributed by atoms with van der Waals surface area (Å²) in [7, 11) is 0. The molecule has 8 heteroatoms. The van der Waals surface area contributed by atoms with Crippen molar-refractivity contribution >= 4 is 17.9 Å². The Morgan fingerprint density at radius 3 is 2.35 bits per heavy atom. The van der Waals surface area contributed by atoms with Crippen LogP contribution in [0.3, 0.4) is 0 Å². The van der Waals surface area contributed by atoms with Gasteiger partial charge in [-0.2, -0.15) is 0 Å². The maximum absolute atomic E-state index is 11.5. The lowest BCUT2D eigenvalue weighted by molar-refractivity contribution is -0.140. The summed E-state index contributed by atoms with van der Waals surface area (Å²) in [5.74, 6) is -2.07. The minimum Gasteiger partial charge on any atom is -0.480 e. The van der Waals surface area contributed by atoms with E-state index < -0.39 is 30.4 Å². The Labute approximate surface area is 118 Å². The number of nitrogens with one attached hydrogen (secondary N) is 2. The van der Waals surface area contributed by atoms with Gasteiger partial charge in [0.05, 0.1) is 6.42 Å². The van der Waals surface area contributed by atoms with E-state index in [2.05, 4.69) is 22.5 Å². The van der Waals surface area contributed by atoms with Crippen molar-refractivity contribution in [2.45, 2.75) is 32.7 Å². The highest BCUT2D eigenvalue weighted by molar-refractivity contribution is 5.87. The monoisotopic (exact) mass is 288 g/mol. The normalized spacial score (nSPS) is 11.9. The highest BCUT2D eigenvalue weighted by Crippen LogP contribution is 1.92. The number of carboxylic acids is 1. The molecule has 0 radical (unpaired) electrons. The van der Waals surface area contributed by atoms with E-state index in [4.69, 9.17) is 10.8 Å². The summed E-state index contributed by atoms with van der Waals surface area (Å²) in [5.41, 5.74) is 4.92. The van der Waals surface area contributed by atoms with Gasteiger partial charge in [0.15, 0.2) is 0 Å². The molecule has 0 saturated carbocycles. The summed E-state index contributed by atoms with van der Waals surface area (Å²) in [6.07, 6.45) is 0.597. The molecule has 0 fully saturated rings. The van der Waals surface area contributed by atoms with Gasteiger partial charge in [0.25, 0.3) is 0 Å². The SMILES string of the molecule is CCCN(CC)CCNC(=O)N[C@H](CC(N)=O)C(=O)O. The quantitative estimate of drug-likeness (QED) is 0.425. The van der Waals surface area contributed by atoms with Crippen molar-refractivity contribution in [1.82, 2.24) is 15.5 Å². The Hall–Kier alpha value is -1.83. The van der Waals surface area contributed by atoms with Crippen LogP contribution in [0.2, 0.25) is 0 Å². The zero-order valence-electron chi connectivity index (χ0n) is 12.0. The van der Waals surface area contributed by atoms with Crippen molar-refractivity contribution in [3.8, 4) is 0 Å². The van der Waals surface area contributed by atoms with E-state index in [1.165, 1.54) is 0 Å². The van der Waals surface area contributed by atoms with E-state index in [0.29, 0.717) is 13.1 Å². The van der Waals surface area contributed by atoms with Crippen LogP contribution in [0, 0.1) is 0 Å². The molecule has 0 heterocycles. The average Bonchev–Trinajstić information content (AvgIpc) is 2.36. The molecule has 0 aromatic carbocycles. The fraction of sp³-hybridized carbons (Fsp3) is 0.750. The van der Waals surface area contributed by atoms with Gasteiger partial charge < -0.3 is 26.4 Å². The van der Waals surface area contributed by atoms with Crippen molar-refractivity contribution in [1.29, 1.82) is 0 Å². The van der Waals surface area contributed by atoms with Crippen LogP contribution < -0.4 is 16.4 Å². The molecular formula is C12H24N4O4. The number of urea groups is 1. The first-order valence-corrected chi connectivity index (χ1v) is 6.68. The van der Waals surface area contributed by atoms with Crippen LogP contribution in [0.4, 0.5) is 4.79 Å². The fourth-order valence-corrected chi connectivity index (χ4v) is 1.68. The largest absolute Gasteiger partial charge is 0.480 e. The van der Waals surface area contributed by atoms with Gasteiger partial charge in [-0.05, 0) is 19.5 Å². The van der Waals surface area contributed by atoms with Crippen LogP contribution in [0.25, 0.3) is 0 Å². The third-order valence-electron chi connectivity index (χ3n) is 2.71. The van der Waals surface area contributed by atoms with Crippen LogP contribution in [-0.2, 0) is 9.59 Å². The van der Waals surface area contributed by atoms with Crippen molar-refractivity contribution in [2.75, 3.05) is 26.2 Å². The summed E-state index contributed by atoms with van der Waals surface area (Å²) in [4.78, 5) is 35.2. The lowest BCUT2D eigenvalue weighted by Gasteiger charge is -2.20. The molecule has 0 aromatic rings. The standard InChI is InChI=1S/C12H24N4O4/c1-3-6-16(4-2)7-5-14-12(20)15-9(11(18)19)8-10(13)17/h9H,3-8H2,1-2H3,(H2,13,17)(H,18,19)(H2,14,15,20)/t9-/m1/s1. The van der Waals surface area contributed by atoms with E-state index >= 15 is 0 Å². The van der Waals surface area contributed by atoms with E-state index in [1.54, 1.807) is 0 Å². The lowest BCUT2D eigenvalue weighted by atomic mass is 10.2. The minimum atomic E-state index is -1.30. The molecule has 0 spiro atoms. The molecular weight excluding hydrogens is 264 g/mol. The van der Waals surface area contributed by atoms with Gasteiger partial charge in [0, 0.05) is 13.1 Å². The summed E-state index contributed by atoms with van der Waals surface area (Å²) < 4.78 is 0. The smallest absolute Gasteiger partial charge is 0.326 e. The summed E-state index contributed by atoms with van der Waals surface area (Å²) >= 11 is 0. The second-order valence-electron chi connectivity index (χ2n) is 4.40. The highest BCUT2D eigenvalue weighted by Gasteiger charge is 2.21. The Balaban J connectivity index is 4.07. The predicted octanol–water partition coefficient (Wildman–Crippen LogP) is -0.654. The number of primary amides is 1. The maximum atomic E-state index is 11.5. The number of carbonyl (C=O) groups is 3. The number of carboxylic acid groups (broad SMARTS) is 1. The number of nitrogens with two attached hydrogens (primary N) is 1. The van der Waals surface area contributed by atoms with Gasteiger partial charge in [-0.1, -0.05) is 13.8 Å². The van der Waals surface area contributed by atoms with E-state index in [9.17, 15) is 14.4 Å². The zero-order valence-corrected chi connectivity index (χ0v) is 12.0. The van der Waals surface area contributed by atoms with Gasteiger partial charge in [-0.25, -0.2) is 9.59 Å². The molecule has 0 saturated heterocycles. The van der Waals surface area contributed by atoms with Crippen molar-refractivity contribution in [3.05, 3.63) is 0 Å². The topological polar surface area (TPSA) is 125 Å². The van der Waals surface area contributed by atoms with Crippen molar-refractivity contribution in [2.24, 2.45) is 5.73 Å². The number of aliphatic carboxylic acids is 1. The first kappa shape index (κ1) is 18.2.